The molecule has 0 fully saturated rings. The molecule has 5 nitrogen and oxygen atoms in total. The second kappa shape index (κ2) is 3.98. The number of hydrogen-bond donors (Lipinski definition) is 1. The molecule has 0 atom stereocenters. The highest BCUT2D eigenvalue weighted by Gasteiger charge is 2.09. The van der Waals surface area contributed by atoms with Crippen LogP contribution in [0.1, 0.15) is 10.4 Å². The summed E-state index contributed by atoms with van der Waals surface area (Å²) < 4.78 is 1.07. The van der Waals surface area contributed by atoms with Gasteiger partial charge in [0.25, 0.3) is 0 Å². The van der Waals surface area contributed by atoms with E-state index in [-0.39, 0.29) is 0 Å². The Bertz CT molecular complexity index is 528. The Balaban J connectivity index is 2.46. The van der Waals surface area contributed by atoms with Crippen LogP contribution in [0.5, 0.6) is 0 Å². The Morgan fingerprint density at radius 3 is 2.75 bits per heavy atom. The largest absolute Gasteiger partial charge is 0.464 e. The van der Waals surface area contributed by atoms with Gasteiger partial charge in [0.15, 0.2) is 6.29 Å². The number of nitrogens with zero attached hydrogens (tertiary/aromatic N) is 2. The van der Waals surface area contributed by atoms with Crippen LogP contribution in [-0.2, 0) is 0 Å². The molecule has 0 amide bonds. The number of rotatable bonds is 2. The first-order chi connectivity index (χ1) is 7.72. The lowest BCUT2D eigenvalue weighted by Crippen LogP contribution is -2.08. The molecule has 0 unspecified atom stereocenters. The van der Waals surface area contributed by atoms with Gasteiger partial charge in [-0.15, -0.1) is 0 Å². The third kappa shape index (κ3) is 1.70. The highest BCUT2D eigenvalue weighted by molar-refractivity contribution is 5.77. The average Bonchev–Trinajstić information content (AvgIpc) is 2.78. The zero-order valence-corrected chi connectivity index (χ0v) is 8.20. The minimum Gasteiger partial charge on any atom is -0.464 e. The maximum atomic E-state index is 10.9. The number of carboxylic acid groups (broad SMARTS) is 1. The van der Waals surface area contributed by atoms with Crippen LogP contribution in [0.4, 0.5) is 4.79 Å². The summed E-state index contributed by atoms with van der Waals surface area (Å²) in [7, 11) is 0. The molecule has 2 aromatic heterocycles. The summed E-state index contributed by atoms with van der Waals surface area (Å²) in [4.78, 5) is 25.3. The summed E-state index contributed by atoms with van der Waals surface area (Å²) in [5, 5.41) is 8.90. The molecule has 1 N–H and O–H groups in total. The van der Waals surface area contributed by atoms with Gasteiger partial charge >= 0.3 is 6.09 Å². The highest BCUT2D eigenvalue weighted by Crippen LogP contribution is 2.17. The molecular formula is C11H8N2O3. The summed E-state index contributed by atoms with van der Waals surface area (Å²) in [6.07, 6.45) is 2.46. The van der Waals surface area contributed by atoms with E-state index < -0.39 is 6.09 Å². The van der Waals surface area contributed by atoms with Crippen molar-refractivity contribution < 1.29 is 14.7 Å². The molecule has 0 saturated heterocycles. The van der Waals surface area contributed by atoms with Crippen molar-refractivity contribution in [1.29, 1.82) is 0 Å². The lowest BCUT2D eigenvalue weighted by atomic mass is 10.2. The second-order valence-corrected chi connectivity index (χ2v) is 3.14. The molecule has 0 bridgehead atoms. The van der Waals surface area contributed by atoms with Crippen molar-refractivity contribution in [2.45, 2.75) is 0 Å². The Morgan fingerprint density at radius 1 is 1.38 bits per heavy atom. The minimum atomic E-state index is -1.07. The number of aldehydes is 1. The molecule has 0 saturated carbocycles. The van der Waals surface area contributed by atoms with Crippen molar-refractivity contribution in [3.05, 3.63) is 42.2 Å². The van der Waals surface area contributed by atoms with E-state index in [4.69, 9.17) is 5.11 Å². The van der Waals surface area contributed by atoms with Crippen LogP contribution in [0.3, 0.4) is 0 Å². The third-order valence-corrected chi connectivity index (χ3v) is 2.14. The number of hydrogen-bond acceptors (Lipinski definition) is 3. The maximum absolute atomic E-state index is 10.9. The summed E-state index contributed by atoms with van der Waals surface area (Å²) >= 11 is 0. The predicted octanol–water partition coefficient (Wildman–Crippen LogP) is 1.89. The highest BCUT2D eigenvalue weighted by atomic mass is 16.4. The average molecular weight is 216 g/mol. The van der Waals surface area contributed by atoms with Crippen LogP contribution in [-0.4, -0.2) is 27.0 Å². The fraction of sp³-hybridized carbons (Fsp3) is 0. The summed E-state index contributed by atoms with van der Waals surface area (Å²) in [5.74, 6) is 0. The van der Waals surface area contributed by atoms with Crippen molar-refractivity contribution >= 4 is 12.4 Å². The van der Waals surface area contributed by atoms with E-state index in [2.05, 4.69) is 4.98 Å². The van der Waals surface area contributed by atoms with Gasteiger partial charge in [0.1, 0.15) is 0 Å². The monoisotopic (exact) mass is 216 g/mol. The van der Waals surface area contributed by atoms with Gasteiger partial charge in [0.05, 0.1) is 11.4 Å². The summed E-state index contributed by atoms with van der Waals surface area (Å²) in [5.41, 5.74) is 1.44. The lowest BCUT2D eigenvalue weighted by Gasteiger charge is -2.02. The van der Waals surface area contributed by atoms with Gasteiger partial charge in [-0.2, -0.15) is 0 Å². The SMILES string of the molecule is O=Cc1ccc(-c2cccn2C(=O)O)nc1. The van der Waals surface area contributed by atoms with Crippen LogP contribution in [0, 0.1) is 0 Å². The van der Waals surface area contributed by atoms with E-state index in [9.17, 15) is 9.59 Å². The lowest BCUT2D eigenvalue weighted by molar-refractivity contribution is 0.112. The van der Waals surface area contributed by atoms with Gasteiger partial charge in [-0.1, -0.05) is 0 Å². The van der Waals surface area contributed by atoms with Gasteiger partial charge in [-0.3, -0.25) is 14.3 Å². The Hall–Kier alpha value is -2.43. The minimum absolute atomic E-state index is 0.456. The molecule has 0 spiro atoms. The Kier molecular flexibility index (Phi) is 2.51. The van der Waals surface area contributed by atoms with Gasteiger partial charge < -0.3 is 5.11 Å². The molecule has 0 radical (unpaired) electrons. The van der Waals surface area contributed by atoms with Crippen LogP contribution in [0.15, 0.2) is 36.7 Å². The van der Waals surface area contributed by atoms with Crippen LogP contribution >= 0.6 is 0 Å². The first kappa shape index (κ1) is 10.1. The second-order valence-electron chi connectivity index (χ2n) is 3.14. The molecule has 2 heterocycles. The van der Waals surface area contributed by atoms with E-state index in [0.29, 0.717) is 23.2 Å². The van der Waals surface area contributed by atoms with Crippen LogP contribution < -0.4 is 0 Å². The first-order valence-corrected chi connectivity index (χ1v) is 4.54. The van der Waals surface area contributed by atoms with E-state index >= 15 is 0 Å². The maximum Gasteiger partial charge on any atom is 0.416 e. The van der Waals surface area contributed by atoms with Crippen LogP contribution in [0.25, 0.3) is 11.4 Å². The smallest absolute Gasteiger partial charge is 0.416 e. The molecule has 0 aromatic carbocycles. The van der Waals surface area contributed by atoms with E-state index in [1.807, 2.05) is 0 Å². The molecule has 2 aromatic rings. The molecular weight excluding hydrogens is 208 g/mol. The molecule has 16 heavy (non-hydrogen) atoms. The fourth-order valence-electron chi connectivity index (χ4n) is 1.38. The quantitative estimate of drug-likeness (QED) is 0.778. The molecule has 0 aliphatic carbocycles. The molecule has 80 valence electrons. The number of carbonyl (C=O) groups is 2. The first-order valence-electron chi connectivity index (χ1n) is 4.54. The van der Waals surface area contributed by atoms with Gasteiger partial charge in [-0.25, -0.2) is 4.79 Å². The van der Waals surface area contributed by atoms with E-state index in [1.165, 1.54) is 12.4 Å². The zero-order valence-electron chi connectivity index (χ0n) is 8.20. The molecule has 0 aliphatic heterocycles. The van der Waals surface area contributed by atoms with Crippen molar-refractivity contribution in [2.24, 2.45) is 0 Å². The number of carbonyl (C=O) groups excluding carboxylic acids is 1. The Labute approximate surface area is 91.0 Å². The number of aromatic nitrogens is 2. The van der Waals surface area contributed by atoms with Crippen molar-refractivity contribution in [1.82, 2.24) is 9.55 Å². The van der Waals surface area contributed by atoms with Gasteiger partial charge in [0, 0.05) is 18.0 Å². The topological polar surface area (TPSA) is 72.2 Å². The van der Waals surface area contributed by atoms with Crippen molar-refractivity contribution in [3.8, 4) is 11.4 Å². The molecule has 2 rings (SSSR count). The van der Waals surface area contributed by atoms with E-state index in [1.54, 1.807) is 24.3 Å². The van der Waals surface area contributed by atoms with Gasteiger partial charge in [0.2, 0.25) is 0 Å². The summed E-state index contributed by atoms with van der Waals surface area (Å²) in [6.45, 7) is 0. The Morgan fingerprint density at radius 2 is 2.19 bits per heavy atom. The number of pyridine rings is 1. The van der Waals surface area contributed by atoms with Gasteiger partial charge in [-0.05, 0) is 24.3 Å². The third-order valence-electron chi connectivity index (χ3n) is 2.14. The zero-order chi connectivity index (χ0) is 11.5. The van der Waals surface area contributed by atoms with Crippen molar-refractivity contribution in [2.75, 3.05) is 0 Å². The molecule has 0 aliphatic rings. The fourth-order valence-corrected chi connectivity index (χ4v) is 1.38. The van der Waals surface area contributed by atoms with Crippen molar-refractivity contribution in [3.63, 3.8) is 0 Å². The normalized spacial score (nSPS) is 10.0. The van der Waals surface area contributed by atoms with Crippen LogP contribution in [0.2, 0.25) is 0 Å². The predicted molar refractivity (Wildman–Crippen MR) is 56.5 cm³/mol. The summed E-state index contributed by atoms with van der Waals surface area (Å²) in [6, 6.07) is 6.48. The standard InChI is InChI=1S/C11H8N2O3/c14-7-8-3-4-9(12-6-8)10-2-1-5-13(10)11(15)16/h1-7H,(H,15,16). The van der Waals surface area contributed by atoms with E-state index in [0.717, 1.165) is 4.57 Å². The molecule has 5 heteroatoms.